The van der Waals surface area contributed by atoms with E-state index in [0.29, 0.717) is 13.1 Å². The fraction of sp³-hybridized carbons (Fsp3) is 0.227. The molecule has 0 radical (unpaired) electrons. The van der Waals surface area contributed by atoms with Crippen LogP contribution in [0.4, 0.5) is 10.5 Å². The molecule has 1 aromatic heterocycles. The van der Waals surface area contributed by atoms with E-state index in [1.807, 2.05) is 62.4 Å². The predicted molar refractivity (Wildman–Crippen MR) is 104 cm³/mol. The van der Waals surface area contributed by atoms with E-state index in [9.17, 15) is 4.79 Å². The third-order valence-electron chi connectivity index (χ3n) is 4.44. The molecule has 0 aliphatic heterocycles. The fourth-order valence-corrected chi connectivity index (χ4v) is 2.95. The maximum atomic E-state index is 12.9. The Kier molecular flexibility index (Phi) is 5.74. The number of furan rings is 1. The molecule has 0 atom stereocenters. The third kappa shape index (κ3) is 4.54. The molecule has 1 N–H and O–H groups in total. The molecule has 0 spiro atoms. The molecule has 4 nitrogen and oxygen atoms in total. The number of benzene rings is 2. The lowest BCUT2D eigenvalue weighted by molar-refractivity contribution is 0.205. The summed E-state index contributed by atoms with van der Waals surface area (Å²) in [6.07, 6.45) is 2.43. The van der Waals surface area contributed by atoms with Crippen LogP contribution in [-0.2, 0) is 13.0 Å². The van der Waals surface area contributed by atoms with E-state index in [1.54, 1.807) is 11.2 Å². The second-order valence-corrected chi connectivity index (χ2v) is 6.43. The number of para-hydroxylation sites is 1. The number of hydrogen-bond acceptors (Lipinski definition) is 2. The minimum Gasteiger partial charge on any atom is -0.467 e. The molecular weight excluding hydrogens is 324 g/mol. The van der Waals surface area contributed by atoms with Gasteiger partial charge in [0.1, 0.15) is 5.76 Å². The molecule has 0 saturated heterocycles. The minimum absolute atomic E-state index is 0.116. The lowest BCUT2D eigenvalue weighted by atomic mass is 10.1. The predicted octanol–water partition coefficient (Wildman–Crippen LogP) is 5.17. The highest BCUT2D eigenvalue weighted by Gasteiger charge is 2.17. The topological polar surface area (TPSA) is 45.5 Å². The van der Waals surface area contributed by atoms with Crippen LogP contribution in [-0.4, -0.2) is 17.5 Å². The highest BCUT2D eigenvalue weighted by molar-refractivity contribution is 5.91. The molecule has 134 valence electrons. The van der Waals surface area contributed by atoms with Gasteiger partial charge in [0.05, 0.1) is 12.8 Å². The summed E-state index contributed by atoms with van der Waals surface area (Å²) in [4.78, 5) is 14.7. The van der Waals surface area contributed by atoms with Crippen molar-refractivity contribution in [3.05, 3.63) is 89.4 Å². The van der Waals surface area contributed by atoms with Gasteiger partial charge in [0, 0.05) is 12.2 Å². The first kappa shape index (κ1) is 17.8. The van der Waals surface area contributed by atoms with E-state index >= 15 is 0 Å². The molecule has 0 aliphatic rings. The number of nitrogens with zero attached hydrogens (tertiary/aromatic N) is 1. The number of carbonyl (C=O) groups excluding carboxylic acids is 1. The van der Waals surface area contributed by atoms with Crippen LogP contribution in [0.3, 0.4) is 0 Å². The Hall–Kier alpha value is -3.01. The third-order valence-corrected chi connectivity index (χ3v) is 4.44. The van der Waals surface area contributed by atoms with Crippen LogP contribution in [0.2, 0.25) is 0 Å². The molecule has 3 rings (SSSR count). The van der Waals surface area contributed by atoms with Crippen LogP contribution >= 0.6 is 0 Å². The molecule has 1 heterocycles. The van der Waals surface area contributed by atoms with Crippen molar-refractivity contribution in [2.24, 2.45) is 0 Å². The quantitative estimate of drug-likeness (QED) is 0.668. The summed E-state index contributed by atoms with van der Waals surface area (Å²) in [6, 6.07) is 19.8. The van der Waals surface area contributed by atoms with Gasteiger partial charge < -0.3 is 14.6 Å². The van der Waals surface area contributed by atoms with Gasteiger partial charge in [-0.15, -0.1) is 0 Å². The lowest BCUT2D eigenvalue weighted by Gasteiger charge is -2.23. The van der Waals surface area contributed by atoms with Crippen molar-refractivity contribution in [2.75, 3.05) is 11.9 Å². The molecule has 3 aromatic rings. The Balaban J connectivity index is 1.74. The summed E-state index contributed by atoms with van der Waals surface area (Å²) in [7, 11) is 0. The van der Waals surface area contributed by atoms with Crippen molar-refractivity contribution < 1.29 is 9.21 Å². The second kappa shape index (κ2) is 8.39. The van der Waals surface area contributed by atoms with Gasteiger partial charge in [-0.1, -0.05) is 48.5 Å². The van der Waals surface area contributed by atoms with Crippen LogP contribution in [0.5, 0.6) is 0 Å². The van der Waals surface area contributed by atoms with E-state index in [2.05, 4.69) is 17.4 Å². The Bertz CT molecular complexity index is 822. The Labute approximate surface area is 154 Å². The van der Waals surface area contributed by atoms with Gasteiger partial charge >= 0.3 is 6.03 Å². The summed E-state index contributed by atoms with van der Waals surface area (Å²) < 4.78 is 5.44. The zero-order valence-corrected chi connectivity index (χ0v) is 15.2. The molecule has 2 aromatic carbocycles. The SMILES string of the molecule is Cc1cccc(C)c1NC(=O)N(CCc1ccccc1)Cc1ccco1. The number of anilines is 1. The van der Waals surface area contributed by atoms with Crippen molar-refractivity contribution in [3.63, 3.8) is 0 Å². The number of amides is 2. The monoisotopic (exact) mass is 348 g/mol. The van der Waals surface area contributed by atoms with Crippen molar-refractivity contribution >= 4 is 11.7 Å². The fourth-order valence-electron chi connectivity index (χ4n) is 2.95. The minimum atomic E-state index is -0.116. The van der Waals surface area contributed by atoms with Gasteiger partial charge in [0.2, 0.25) is 0 Å². The molecule has 2 amide bonds. The summed E-state index contributed by atoms with van der Waals surface area (Å²) in [5.41, 5.74) is 4.19. The average Bonchev–Trinajstić information content (AvgIpc) is 3.15. The van der Waals surface area contributed by atoms with Gasteiger partial charge in [0.25, 0.3) is 0 Å². The van der Waals surface area contributed by atoms with Crippen molar-refractivity contribution in [1.82, 2.24) is 4.90 Å². The second-order valence-electron chi connectivity index (χ2n) is 6.43. The molecule has 0 fully saturated rings. The maximum Gasteiger partial charge on any atom is 0.322 e. The summed E-state index contributed by atoms with van der Waals surface area (Å²) in [6.45, 7) is 5.06. The first-order chi connectivity index (χ1) is 12.6. The van der Waals surface area contributed by atoms with Gasteiger partial charge in [0.15, 0.2) is 0 Å². The number of carbonyl (C=O) groups is 1. The summed E-state index contributed by atoms with van der Waals surface area (Å²) in [5.74, 6) is 0.773. The zero-order chi connectivity index (χ0) is 18.4. The average molecular weight is 348 g/mol. The Morgan fingerprint density at radius 1 is 0.962 bits per heavy atom. The first-order valence-corrected chi connectivity index (χ1v) is 8.82. The van der Waals surface area contributed by atoms with Crippen LogP contribution in [0, 0.1) is 13.8 Å². The highest BCUT2D eigenvalue weighted by atomic mass is 16.3. The van der Waals surface area contributed by atoms with Crippen LogP contribution in [0.25, 0.3) is 0 Å². The van der Waals surface area contributed by atoms with Crippen LogP contribution in [0.15, 0.2) is 71.3 Å². The summed E-state index contributed by atoms with van der Waals surface area (Å²) in [5, 5.41) is 3.07. The number of rotatable bonds is 6. The van der Waals surface area contributed by atoms with E-state index in [4.69, 9.17) is 4.42 Å². The summed E-state index contributed by atoms with van der Waals surface area (Å²) >= 11 is 0. The largest absolute Gasteiger partial charge is 0.467 e. The van der Waals surface area contributed by atoms with Crippen LogP contribution in [0.1, 0.15) is 22.5 Å². The molecule has 0 bridgehead atoms. The molecule has 0 saturated carbocycles. The Morgan fingerprint density at radius 2 is 1.69 bits per heavy atom. The van der Waals surface area contributed by atoms with Gasteiger partial charge in [-0.25, -0.2) is 4.79 Å². The molecular formula is C22H24N2O2. The number of nitrogens with one attached hydrogen (secondary N) is 1. The van der Waals surface area contributed by atoms with Gasteiger partial charge in [-0.05, 0) is 49.1 Å². The lowest BCUT2D eigenvalue weighted by Crippen LogP contribution is -2.36. The highest BCUT2D eigenvalue weighted by Crippen LogP contribution is 2.20. The zero-order valence-electron chi connectivity index (χ0n) is 15.2. The maximum absolute atomic E-state index is 12.9. The number of aryl methyl sites for hydroxylation is 2. The molecule has 4 heteroatoms. The van der Waals surface area contributed by atoms with Gasteiger partial charge in [-0.2, -0.15) is 0 Å². The number of urea groups is 1. The molecule has 0 aliphatic carbocycles. The molecule has 0 unspecified atom stereocenters. The van der Waals surface area contributed by atoms with E-state index in [1.165, 1.54) is 5.56 Å². The van der Waals surface area contributed by atoms with Crippen LogP contribution < -0.4 is 5.32 Å². The van der Waals surface area contributed by atoms with Crippen molar-refractivity contribution in [2.45, 2.75) is 26.8 Å². The first-order valence-electron chi connectivity index (χ1n) is 8.82. The molecule has 26 heavy (non-hydrogen) atoms. The van der Waals surface area contributed by atoms with Gasteiger partial charge in [-0.3, -0.25) is 0 Å². The normalized spacial score (nSPS) is 10.5. The standard InChI is InChI=1S/C22H24N2O2/c1-17-8-6-9-18(2)21(17)23-22(25)24(16-20-12-7-15-26-20)14-13-19-10-4-3-5-11-19/h3-12,15H,13-14,16H2,1-2H3,(H,23,25). The van der Waals surface area contributed by atoms with Crippen molar-refractivity contribution in [3.8, 4) is 0 Å². The van der Waals surface area contributed by atoms with E-state index < -0.39 is 0 Å². The Morgan fingerprint density at radius 3 is 2.35 bits per heavy atom. The number of hydrogen-bond donors (Lipinski definition) is 1. The smallest absolute Gasteiger partial charge is 0.322 e. The van der Waals surface area contributed by atoms with E-state index in [-0.39, 0.29) is 6.03 Å². The van der Waals surface area contributed by atoms with E-state index in [0.717, 1.165) is 29.0 Å². The van der Waals surface area contributed by atoms with Crippen molar-refractivity contribution in [1.29, 1.82) is 0 Å².